The Morgan fingerprint density at radius 3 is 2.36 bits per heavy atom. The van der Waals surface area contributed by atoms with Crippen molar-refractivity contribution in [2.75, 3.05) is 0 Å². The molecule has 0 aliphatic heterocycles. The molecule has 0 unspecified atom stereocenters. The fourth-order valence-electron chi connectivity index (χ4n) is 4.11. The third-order valence-corrected chi connectivity index (χ3v) is 5.89. The summed E-state index contributed by atoms with van der Waals surface area (Å²) in [5.74, 6) is 1.42. The quantitative estimate of drug-likeness (QED) is 0.383. The van der Waals surface area contributed by atoms with Crippen LogP contribution in [0.3, 0.4) is 0 Å². The Labute approximate surface area is 169 Å². The van der Waals surface area contributed by atoms with Crippen molar-refractivity contribution < 1.29 is 9.53 Å². The molecule has 3 nitrogen and oxygen atoms in total. The number of hydrogen-bond acceptors (Lipinski definition) is 3. The number of aryl methyl sites for hydroxylation is 1. The minimum absolute atomic E-state index is 0.0603. The van der Waals surface area contributed by atoms with Crippen LogP contribution in [0.4, 0.5) is 0 Å². The Balaban J connectivity index is 1.53. The van der Waals surface area contributed by atoms with Gasteiger partial charge in [0.15, 0.2) is 0 Å². The lowest BCUT2D eigenvalue weighted by molar-refractivity contribution is -0.140. The summed E-state index contributed by atoms with van der Waals surface area (Å²) in [6, 6.07) is 11.9. The molecule has 2 aromatic rings. The number of pyridine rings is 1. The Morgan fingerprint density at radius 2 is 1.75 bits per heavy atom. The number of benzene rings is 1. The second-order valence-corrected chi connectivity index (χ2v) is 8.11. The van der Waals surface area contributed by atoms with E-state index in [2.05, 4.69) is 31.0 Å². The average Bonchev–Trinajstić information content (AvgIpc) is 2.74. The lowest BCUT2D eigenvalue weighted by Crippen LogP contribution is -2.25. The summed E-state index contributed by atoms with van der Waals surface area (Å²) in [4.78, 5) is 17.1. The normalized spacial score (nSPS) is 19.4. The zero-order chi connectivity index (χ0) is 19.8. The molecule has 0 spiro atoms. The Morgan fingerprint density at radius 1 is 1.00 bits per heavy atom. The number of carbonyl (C=O) groups is 1. The van der Waals surface area contributed by atoms with E-state index in [-0.39, 0.29) is 11.9 Å². The van der Waals surface area contributed by atoms with Crippen LogP contribution in [-0.4, -0.2) is 11.0 Å². The van der Waals surface area contributed by atoms with Crippen molar-refractivity contribution >= 4 is 5.97 Å². The zero-order valence-corrected chi connectivity index (χ0v) is 17.3. The second kappa shape index (κ2) is 10.4. The highest BCUT2D eigenvalue weighted by Crippen LogP contribution is 2.32. The highest BCUT2D eigenvalue weighted by Gasteiger charge is 2.27. The van der Waals surface area contributed by atoms with Crippen molar-refractivity contribution in [1.82, 2.24) is 4.98 Å². The number of aromatic nitrogens is 1. The monoisotopic (exact) mass is 379 g/mol. The van der Waals surface area contributed by atoms with Crippen LogP contribution < -0.4 is 4.74 Å². The summed E-state index contributed by atoms with van der Waals surface area (Å²) < 4.78 is 5.64. The van der Waals surface area contributed by atoms with Gasteiger partial charge in [-0.15, -0.1) is 0 Å². The Bertz CT molecular complexity index is 728. The molecule has 1 heterocycles. The van der Waals surface area contributed by atoms with Gasteiger partial charge in [-0.1, -0.05) is 39.2 Å². The first-order chi connectivity index (χ1) is 13.7. The number of rotatable bonds is 8. The molecule has 1 fully saturated rings. The maximum atomic E-state index is 12.5. The summed E-state index contributed by atoms with van der Waals surface area (Å²) in [6.07, 6.45) is 12.2. The van der Waals surface area contributed by atoms with Crippen molar-refractivity contribution in [3.8, 4) is 17.0 Å². The molecular formula is C25H33NO2. The topological polar surface area (TPSA) is 39.2 Å². The summed E-state index contributed by atoms with van der Waals surface area (Å²) in [5, 5.41) is 0. The van der Waals surface area contributed by atoms with Crippen LogP contribution in [0, 0.1) is 11.8 Å². The molecule has 3 heteroatoms. The maximum absolute atomic E-state index is 12.5. The number of carbonyl (C=O) groups excluding carboxylic acids is 1. The standard InChI is InChI=1S/C25H33NO2/c1-3-5-7-20-10-17-24(26-18-20)21-13-15-23(16-14-21)28-25(27)22-11-8-19(6-4-2)9-12-22/h10,13-19,22H,3-9,11-12H2,1-2H3/t19-,22-. The summed E-state index contributed by atoms with van der Waals surface area (Å²) in [5.41, 5.74) is 3.28. The first-order valence-corrected chi connectivity index (χ1v) is 11.0. The lowest BCUT2D eigenvalue weighted by atomic mass is 9.80. The highest BCUT2D eigenvalue weighted by molar-refractivity contribution is 5.75. The van der Waals surface area contributed by atoms with Gasteiger partial charge < -0.3 is 4.74 Å². The molecule has 3 rings (SSSR count). The molecule has 0 radical (unpaired) electrons. The number of esters is 1. The molecule has 0 N–H and O–H groups in total. The molecule has 1 aliphatic carbocycles. The van der Waals surface area contributed by atoms with Gasteiger partial charge in [-0.05, 0) is 80.3 Å². The molecule has 0 atom stereocenters. The lowest BCUT2D eigenvalue weighted by Gasteiger charge is -2.26. The van der Waals surface area contributed by atoms with Gasteiger partial charge in [-0.3, -0.25) is 9.78 Å². The molecule has 0 saturated heterocycles. The number of nitrogens with zero attached hydrogens (tertiary/aromatic N) is 1. The van der Waals surface area contributed by atoms with E-state index < -0.39 is 0 Å². The van der Waals surface area contributed by atoms with Crippen molar-refractivity contribution in [1.29, 1.82) is 0 Å². The first kappa shape index (κ1) is 20.6. The van der Waals surface area contributed by atoms with Gasteiger partial charge in [0.05, 0.1) is 11.6 Å². The number of ether oxygens (including phenoxy) is 1. The van der Waals surface area contributed by atoms with Crippen LogP contribution in [0.15, 0.2) is 42.6 Å². The van der Waals surface area contributed by atoms with Crippen LogP contribution in [0.25, 0.3) is 11.3 Å². The molecule has 150 valence electrons. The van der Waals surface area contributed by atoms with Crippen LogP contribution >= 0.6 is 0 Å². The van der Waals surface area contributed by atoms with E-state index in [0.717, 1.165) is 49.3 Å². The smallest absolute Gasteiger partial charge is 0.314 e. The fourth-order valence-corrected chi connectivity index (χ4v) is 4.11. The fraction of sp³-hybridized carbons (Fsp3) is 0.520. The minimum atomic E-state index is -0.0684. The van der Waals surface area contributed by atoms with E-state index in [9.17, 15) is 4.79 Å². The average molecular weight is 380 g/mol. The van der Waals surface area contributed by atoms with Crippen molar-refractivity contribution in [2.45, 2.75) is 71.6 Å². The molecular weight excluding hydrogens is 346 g/mol. The van der Waals surface area contributed by atoms with Gasteiger partial charge >= 0.3 is 5.97 Å². The molecule has 0 amide bonds. The molecule has 0 bridgehead atoms. The van der Waals surface area contributed by atoms with Crippen molar-refractivity contribution in [3.05, 3.63) is 48.2 Å². The largest absolute Gasteiger partial charge is 0.426 e. The predicted octanol–water partition coefficient (Wildman–Crippen LogP) is 6.60. The molecule has 28 heavy (non-hydrogen) atoms. The number of unbranched alkanes of at least 4 members (excludes halogenated alkanes) is 1. The summed E-state index contributed by atoms with van der Waals surface area (Å²) in [7, 11) is 0. The van der Waals surface area contributed by atoms with E-state index in [1.54, 1.807) is 0 Å². The van der Waals surface area contributed by atoms with Crippen LogP contribution in [0.2, 0.25) is 0 Å². The van der Waals surface area contributed by atoms with Crippen molar-refractivity contribution in [2.24, 2.45) is 11.8 Å². The van der Waals surface area contributed by atoms with Gasteiger partial charge in [0.25, 0.3) is 0 Å². The molecule has 1 saturated carbocycles. The maximum Gasteiger partial charge on any atom is 0.314 e. The first-order valence-electron chi connectivity index (χ1n) is 11.0. The Hall–Kier alpha value is -2.16. The summed E-state index contributed by atoms with van der Waals surface area (Å²) in [6.45, 7) is 4.44. The molecule has 1 aromatic carbocycles. The third-order valence-electron chi connectivity index (χ3n) is 5.89. The van der Waals surface area contributed by atoms with Crippen LogP contribution in [0.5, 0.6) is 5.75 Å². The van der Waals surface area contributed by atoms with E-state index >= 15 is 0 Å². The molecule has 1 aliphatic rings. The summed E-state index contributed by atoms with van der Waals surface area (Å²) >= 11 is 0. The Kier molecular flexibility index (Phi) is 7.64. The predicted molar refractivity (Wildman–Crippen MR) is 114 cm³/mol. The third kappa shape index (κ3) is 5.67. The number of hydrogen-bond donors (Lipinski definition) is 0. The van der Waals surface area contributed by atoms with Gasteiger partial charge in [-0.25, -0.2) is 0 Å². The van der Waals surface area contributed by atoms with E-state index in [1.165, 1.54) is 31.2 Å². The highest BCUT2D eigenvalue weighted by atomic mass is 16.5. The van der Waals surface area contributed by atoms with Gasteiger partial charge in [-0.2, -0.15) is 0 Å². The second-order valence-electron chi connectivity index (χ2n) is 8.11. The van der Waals surface area contributed by atoms with Gasteiger partial charge in [0, 0.05) is 11.8 Å². The molecule has 1 aromatic heterocycles. The SMILES string of the molecule is CCCCc1ccc(-c2ccc(OC(=O)[C@H]3CC[C@H](CCC)CC3)cc2)nc1. The van der Waals surface area contributed by atoms with Gasteiger partial charge in [0.2, 0.25) is 0 Å². The van der Waals surface area contributed by atoms with Crippen LogP contribution in [0.1, 0.15) is 70.8 Å². The van der Waals surface area contributed by atoms with Crippen LogP contribution in [-0.2, 0) is 11.2 Å². The zero-order valence-electron chi connectivity index (χ0n) is 17.3. The van der Waals surface area contributed by atoms with Gasteiger partial charge in [0.1, 0.15) is 5.75 Å². The van der Waals surface area contributed by atoms with E-state index in [0.29, 0.717) is 5.75 Å². The van der Waals surface area contributed by atoms with E-state index in [1.807, 2.05) is 30.5 Å². The minimum Gasteiger partial charge on any atom is -0.426 e. The van der Waals surface area contributed by atoms with Crippen molar-refractivity contribution in [3.63, 3.8) is 0 Å². The van der Waals surface area contributed by atoms with E-state index in [4.69, 9.17) is 4.74 Å².